The van der Waals surface area contributed by atoms with Gasteiger partial charge in [-0.3, -0.25) is 9.69 Å². The lowest BCUT2D eigenvalue weighted by Crippen LogP contribution is -2.43. The van der Waals surface area contributed by atoms with Crippen molar-refractivity contribution in [1.82, 2.24) is 4.90 Å². The van der Waals surface area contributed by atoms with Crippen LogP contribution in [-0.4, -0.2) is 35.1 Å². The van der Waals surface area contributed by atoms with Crippen molar-refractivity contribution in [2.75, 3.05) is 13.1 Å². The van der Waals surface area contributed by atoms with Crippen molar-refractivity contribution in [3.63, 3.8) is 0 Å². The highest BCUT2D eigenvalue weighted by Gasteiger charge is 2.25. The van der Waals surface area contributed by atoms with Crippen molar-refractivity contribution in [2.24, 2.45) is 5.92 Å². The van der Waals surface area contributed by atoms with E-state index in [9.17, 15) is 4.79 Å². The van der Waals surface area contributed by atoms with Crippen molar-refractivity contribution >= 4 is 5.97 Å². The molecule has 0 saturated carbocycles. The lowest BCUT2D eigenvalue weighted by molar-refractivity contribution is -0.143. The molecule has 0 amide bonds. The molecule has 0 aromatic heterocycles. The summed E-state index contributed by atoms with van der Waals surface area (Å²) in [5.41, 5.74) is 0. The normalized spacial score (nSPS) is 22.2. The number of rotatable bonds is 2. The standard InChI is InChI=1S/C10H15NO2/c1-3-9-4-6-11(7-5-9)8(2)10(12)13/h1,8-9H,4-7H2,2H3,(H,12,13). The number of terminal acetylenes is 1. The molecule has 1 heterocycles. The van der Waals surface area contributed by atoms with Gasteiger partial charge in [0.1, 0.15) is 6.04 Å². The second kappa shape index (κ2) is 4.29. The molecule has 1 saturated heterocycles. The van der Waals surface area contributed by atoms with Crippen molar-refractivity contribution < 1.29 is 9.90 Å². The molecule has 1 aliphatic heterocycles. The van der Waals surface area contributed by atoms with Crippen LogP contribution >= 0.6 is 0 Å². The summed E-state index contributed by atoms with van der Waals surface area (Å²) in [7, 11) is 0. The summed E-state index contributed by atoms with van der Waals surface area (Å²) in [6.07, 6.45) is 7.15. The Hall–Kier alpha value is -1.01. The van der Waals surface area contributed by atoms with Gasteiger partial charge < -0.3 is 5.11 Å². The first-order valence-corrected chi connectivity index (χ1v) is 4.58. The number of aliphatic carboxylic acids is 1. The summed E-state index contributed by atoms with van der Waals surface area (Å²) in [5.74, 6) is 2.31. The zero-order valence-electron chi connectivity index (χ0n) is 7.86. The Morgan fingerprint density at radius 1 is 1.62 bits per heavy atom. The summed E-state index contributed by atoms with van der Waals surface area (Å²) in [4.78, 5) is 12.6. The van der Waals surface area contributed by atoms with Gasteiger partial charge in [-0.2, -0.15) is 0 Å². The maximum atomic E-state index is 10.7. The number of carboxylic acid groups (broad SMARTS) is 1. The predicted molar refractivity (Wildman–Crippen MR) is 50.2 cm³/mol. The predicted octanol–water partition coefficient (Wildman–Crippen LogP) is 0.805. The average molecular weight is 181 g/mol. The molecule has 0 spiro atoms. The van der Waals surface area contributed by atoms with Crippen LogP contribution in [0.15, 0.2) is 0 Å². The van der Waals surface area contributed by atoms with Crippen LogP contribution in [0, 0.1) is 18.3 Å². The van der Waals surface area contributed by atoms with E-state index in [0.29, 0.717) is 5.92 Å². The number of hydrogen-bond donors (Lipinski definition) is 1. The van der Waals surface area contributed by atoms with E-state index >= 15 is 0 Å². The maximum absolute atomic E-state index is 10.7. The van der Waals surface area contributed by atoms with Crippen LogP contribution in [0.4, 0.5) is 0 Å². The van der Waals surface area contributed by atoms with Gasteiger partial charge in [0, 0.05) is 19.0 Å². The van der Waals surface area contributed by atoms with Gasteiger partial charge in [-0.25, -0.2) is 0 Å². The lowest BCUT2D eigenvalue weighted by atomic mass is 9.97. The van der Waals surface area contributed by atoms with E-state index in [2.05, 4.69) is 5.92 Å². The van der Waals surface area contributed by atoms with Crippen LogP contribution in [0.25, 0.3) is 0 Å². The second-order valence-corrected chi connectivity index (χ2v) is 3.49. The number of hydrogen-bond acceptors (Lipinski definition) is 2. The molecule has 0 bridgehead atoms. The number of carboxylic acids is 1. The van der Waals surface area contributed by atoms with Gasteiger partial charge in [0.2, 0.25) is 0 Å². The molecule has 1 atom stereocenters. The summed E-state index contributed by atoms with van der Waals surface area (Å²) in [6, 6.07) is -0.376. The van der Waals surface area contributed by atoms with Gasteiger partial charge in [0.15, 0.2) is 0 Å². The van der Waals surface area contributed by atoms with Crippen LogP contribution in [0.5, 0.6) is 0 Å². The highest BCUT2D eigenvalue weighted by Crippen LogP contribution is 2.17. The third kappa shape index (κ3) is 2.46. The SMILES string of the molecule is C#CC1CCN(C(C)C(=O)O)CC1. The average Bonchev–Trinajstić information content (AvgIpc) is 2.17. The number of carbonyl (C=O) groups is 1. The largest absolute Gasteiger partial charge is 0.480 e. The van der Waals surface area contributed by atoms with Gasteiger partial charge in [-0.05, 0) is 19.8 Å². The summed E-state index contributed by atoms with van der Waals surface area (Å²) < 4.78 is 0. The van der Waals surface area contributed by atoms with E-state index in [-0.39, 0.29) is 6.04 Å². The monoisotopic (exact) mass is 181 g/mol. The molecule has 72 valence electrons. The Labute approximate surface area is 78.7 Å². The van der Waals surface area contributed by atoms with Crippen molar-refractivity contribution in [3.05, 3.63) is 0 Å². The Morgan fingerprint density at radius 2 is 2.15 bits per heavy atom. The fourth-order valence-corrected chi connectivity index (χ4v) is 1.61. The van der Waals surface area contributed by atoms with Crippen LogP contribution in [0.1, 0.15) is 19.8 Å². The van der Waals surface area contributed by atoms with Gasteiger partial charge in [0.25, 0.3) is 0 Å². The molecule has 3 heteroatoms. The molecule has 3 nitrogen and oxygen atoms in total. The summed E-state index contributed by atoms with van der Waals surface area (Å²) in [5, 5.41) is 8.78. The number of nitrogens with zero attached hydrogens (tertiary/aromatic N) is 1. The van der Waals surface area contributed by atoms with E-state index in [1.165, 1.54) is 0 Å². The zero-order valence-corrected chi connectivity index (χ0v) is 7.86. The lowest BCUT2D eigenvalue weighted by Gasteiger charge is -2.32. The minimum Gasteiger partial charge on any atom is -0.480 e. The van der Waals surface area contributed by atoms with Gasteiger partial charge >= 0.3 is 5.97 Å². The Morgan fingerprint density at radius 3 is 2.54 bits per heavy atom. The summed E-state index contributed by atoms with van der Waals surface area (Å²) >= 11 is 0. The fourth-order valence-electron chi connectivity index (χ4n) is 1.61. The van der Waals surface area contributed by atoms with Crippen molar-refractivity contribution in [3.8, 4) is 12.3 Å². The number of piperidine rings is 1. The topological polar surface area (TPSA) is 40.5 Å². The first kappa shape index (κ1) is 10.1. The second-order valence-electron chi connectivity index (χ2n) is 3.49. The highest BCUT2D eigenvalue weighted by molar-refractivity contribution is 5.72. The smallest absolute Gasteiger partial charge is 0.320 e. The molecule has 0 aromatic carbocycles. The first-order valence-electron chi connectivity index (χ1n) is 4.58. The molecule has 0 aromatic rings. The molecule has 1 N–H and O–H groups in total. The molecule has 1 aliphatic rings. The van der Waals surface area contributed by atoms with Crippen molar-refractivity contribution in [1.29, 1.82) is 0 Å². The summed E-state index contributed by atoms with van der Waals surface area (Å²) in [6.45, 7) is 3.34. The minimum atomic E-state index is -0.751. The van der Waals surface area contributed by atoms with E-state index < -0.39 is 5.97 Å². The molecular weight excluding hydrogens is 166 g/mol. The van der Waals surface area contributed by atoms with Crippen LogP contribution in [0.3, 0.4) is 0 Å². The number of likely N-dealkylation sites (tertiary alicyclic amines) is 1. The Bertz CT molecular complexity index is 224. The molecule has 1 rings (SSSR count). The van der Waals surface area contributed by atoms with E-state index in [4.69, 9.17) is 11.5 Å². The quantitative estimate of drug-likeness (QED) is 0.641. The zero-order chi connectivity index (χ0) is 9.84. The van der Waals surface area contributed by atoms with Crippen molar-refractivity contribution in [2.45, 2.75) is 25.8 Å². The van der Waals surface area contributed by atoms with Crippen LogP contribution in [-0.2, 0) is 4.79 Å². The maximum Gasteiger partial charge on any atom is 0.320 e. The molecule has 1 fully saturated rings. The van der Waals surface area contributed by atoms with E-state index in [1.807, 2.05) is 4.90 Å². The third-order valence-corrected chi connectivity index (χ3v) is 2.67. The highest BCUT2D eigenvalue weighted by atomic mass is 16.4. The molecule has 1 unspecified atom stereocenters. The van der Waals surface area contributed by atoms with Crippen LogP contribution < -0.4 is 0 Å². The molecule has 0 aliphatic carbocycles. The Kier molecular flexibility index (Phi) is 3.32. The van der Waals surface area contributed by atoms with Gasteiger partial charge in [-0.15, -0.1) is 12.3 Å². The van der Waals surface area contributed by atoms with E-state index in [1.54, 1.807) is 6.92 Å². The first-order chi connectivity index (χ1) is 6.15. The molecule has 13 heavy (non-hydrogen) atoms. The molecule has 0 radical (unpaired) electrons. The van der Waals surface area contributed by atoms with Gasteiger partial charge in [0.05, 0.1) is 0 Å². The Balaban J connectivity index is 2.41. The van der Waals surface area contributed by atoms with Gasteiger partial charge in [-0.1, -0.05) is 0 Å². The van der Waals surface area contributed by atoms with E-state index in [0.717, 1.165) is 25.9 Å². The third-order valence-electron chi connectivity index (χ3n) is 2.67. The van der Waals surface area contributed by atoms with Crippen LogP contribution in [0.2, 0.25) is 0 Å². The minimum absolute atomic E-state index is 0.345. The molecular formula is C10H15NO2. The fraction of sp³-hybridized carbons (Fsp3) is 0.700.